The summed E-state index contributed by atoms with van der Waals surface area (Å²) in [6.07, 6.45) is 2.40. The minimum Gasteiger partial charge on any atom is -0.374 e. The molecule has 1 N–H and O–H groups in total. The molecule has 1 rings (SSSR count). The third-order valence-corrected chi connectivity index (χ3v) is 1.39. The van der Waals surface area contributed by atoms with Crippen LogP contribution in [-0.4, -0.2) is 23.1 Å². The van der Waals surface area contributed by atoms with Crippen LogP contribution in [0.15, 0.2) is 16.9 Å². The monoisotopic (exact) mass is 231 g/mol. The minimum absolute atomic E-state index is 0.0255. The fourth-order valence-corrected chi connectivity index (χ4v) is 0.692. The van der Waals surface area contributed by atoms with E-state index in [-0.39, 0.29) is 6.01 Å². The number of nitrogens with zero attached hydrogens (tertiary/aromatic N) is 2. The Kier molecular flexibility index (Phi) is 2.98. The summed E-state index contributed by atoms with van der Waals surface area (Å²) in [5, 5.41) is 2.28. The van der Waals surface area contributed by atoms with E-state index in [4.69, 9.17) is 0 Å². The van der Waals surface area contributed by atoms with Gasteiger partial charge >= 0.3 is 12.1 Å². The first-order chi connectivity index (χ1) is 5.72. The van der Waals surface area contributed by atoms with Crippen molar-refractivity contribution in [2.45, 2.75) is 0 Å². The van der Waals surface area contributed by atoms with Crippen LogP contribution >= 0.6 is 15.9 Å². The van der Waals surface area contributed by atoms with Crippen molar-refractivity contribution in [3.05, 3.63) is 16.9 Å². The Morgan fingerprint density at radius 1 is 1.58 bits per heavy atom. The van der Waals surface area contributed by atoms with Crippen LogP contribution in [0.2, 0.25) is 0 Å². The van der Waals surface area contributed by atoms with Crippen molar-refractivity contribution in [2.75, 3.05) is 7.05 Å². The lowest BCUT2D eigenvalue weighted by atomic mass is 10.7. The van der Waals surface area contributed by atoms with Crippen molar-refractivity contribution in [1.29, 1.82) is 0 Å². The van der Waals surface area contributed by atoms with E-state index in [0.29, 0.717) is 0 Å². The van der Waals surface area contributed by atoms with E-state index in [1.54, 1.807) is 0 Å². The predicted octanol–water partition coefficient (Wildman–Crippen LogP) is 0.957. The Balaban J connectivity index is 2.64. The summed E-state index contributed by atoms with van der Waals surface area (Å²) in [5.74, 6) is 0. The zero-order chi connectivity index (χ0) is 8.97. The molecule has 12 heavy (non-hydrogen) atoms. The van der Waals surface area contributed by atoms with Gasteiger partial charge in [-0.2, -0.15) is 0 Å². The average molecular weight is 232 g/mol. The van der Waals surface area contributed by atoms with Crippen LogP contribution in [0.5, 0.6) is 6.01 Å². The molecule has 0 aromatic carbocycles. The summed E-state index contributed by atoms with van der Waals surface area (Å²) in [6, 6.07) is 0.0255. The van der Waals surface area contributed by atoms with Gasteiger partial charge in [-0.25, -0.2) is 14.8 Å². The van der Waals surface area contributed by atoms with E-state index in [0.717, 1.165) is 4.47 Å². The second kappa shape index (κ2) is 4.01. The topological polar surface area (TPSA) is 64.1 Å². The molecule has 0 saturated heterocycles. The molecule has 5 nitrogen and oxygen atoms in total. The first-order valence-corrected chi connectivity index (χ1v) is 3.89. The molecule has 0 saturated carbocycles. The molecule has 0 atom stereocenters. The highest BCUT2D eigenvalue weighted by Crippen LogP contribution is 2.07. The summed E-state index contributed by atoms with van der Waals surface area (Å²) in [5.41, 5.74) is 0. The molecule has 0 fully saturated rings. The lowest BCUT2D eigenvalue weighted by molar-refractivity contribution is 0.199. The number of rotatable bonds is 1. The Hall–Kier alpha value is -1.17. The van der Waals surface area contributed by atoms with Crippen molar-refractivity contribution >= 4 is 22.0 Å². The molecule has 64 valence electrons. The van der Waals surface area contributed by atoms with Crippen LogP contribution in [0.1, 0.15) is 0 Å². The van der Waals surface area contributed by atoms with Crippen LogP contribution in [0.3, 0.4) is 0 Å². The predicted molar refractivity (Wildman–Crippen MR) is 44.8 cm³/mol. The molecule has 0 unspecified atom stereocenters. The lowest BCUT2D eigenvalue weighted by Gasteiger charge is -1.99. The number of aromatic nitrogens is 2. The Bertz CT molecular complexity index is 275. The number of hydrogen-bond donors (Lipinski definition) is 1. The molecule has 1 heterocycles. The van der Waals surface area contributed by atoms with E-state index < -0.39 is 6.09 Å². The normalized spacial score (nSPS) is 9.17. The first kappa shape index (κ1) is 8.92. The number of hydrogen-bond acceptors (Lipinski definition) is 4. The van der Waals surface area contributed by atoms with Gasteiger partial charge < -0.3 is 10.1 Å². The van der Waals surface area contributed by atoms with Gasteiger partial charge in [0.1, 0.15) is 0 Å². The summed E-state index contributed by atoms with van der Waals surface area (Å²) in [7, 11) is 1.46. The molecule has 0 radical (unpaired) electrons. The second-order valence-electron chi connectivity index (χ2n) is 1.82. The first-order valence-electron chi connectivity index (χ1n) is 3.09. The zero-order valence-corrected chi connectivity index (χ0v) is 7.83. The van der Waals surface area contributed by atoms with Crippen LogP contribution < -0.4 is 10.1 Å². The van der Waals surface area contributed by atoms with Gasteiger partial charge in [-0.05, 0) is 15.9 Å². The van der Waals surface area contributed by atoms with Crippen LogP contribution in [0.25, 0.3) is 0 Å². The standard InChI is InChI=1S/C6H6BrN3O2/c1-8-6(11)12-5-9-2-4(7)3-10-5/h2-3H,1H3,(H,8,11). The lowest BCUT2D eigenvalue weighted by Crippen LogP contribution is -2.22. The van der Waals surface area contributed by atoms with E-state index in [2.05, 4.69) is 36.0 Å². The summed E-state index contributed by atoms with van der Waals surface area (Å²) < 4.78 is 5.35. The van der Waals surface area contributed by atoms with E-state index >= 15 is 0 Å². The maximum absolute atomic E-state index is 10.6. The summed E-state index contributed by atoms with van der Waals surface area (Å²) in [4.78, 5) is 18.1. The number of halogens is 1. The molecule has 0 bridgehead atoms. The van der Waals surface area contributed by atoms with Crippen molar-refractivity contribution in [1.82, 2.24) is 15.3 Å². The fraction of sp³-hybridized carbons (Fsp3) is 0.167. The quantitative estimate of drug-likeness (QED) is 0.783. The van der Waals surface area contributed by atoms with Crippen molar-refractivity contribution in [3.8, 4) is 6.01 Å². The summed E-state index contributed by atoms with van der Waals surface area (Å²) >= 11 is 3.15. The van der Waals surface area contributed by atoms with Crippen LogP contribution in [0.4, 0.5) is 4.79 Å². The molecule has 1 amide bonds. The number of amides is 1. The van der Waals surface area contributed by atoms with Crippen molar-refractivity contribution in [2.24, 2.45) is 0 Å². The highest BCUT2D eigenvalue weighted by Gasteiger charge is 2.02. The van der Waals surface area contributed by atoms with Gasteiger partial charge in [0.05, 0.1) is 4.47 Å². The minimum atomic E-state index is -0.586. The van der Waals surface area contributed by atoms with E-state index in [1.165, 1.54) is 19.4 Å². The van der Waals surface area contributed by atoms with Crippen LogP contribution in [-0.2, 0) is 0 Å². The van der Waals surface area contributed by atoms with Crippen molar-refractivity contribution < 1.29 is 9.53 Å². The third-order valence-electron chi connectivity index (χ3n) is 0.985. The molecule has 1 aromatic rings. The molecular formula is C6H6BrN3O2. The smallest absolute Gasteiger partial charge is 0.374 e. The molecule has 0 spiro atoms. The van der Waals surface area contributed by atoms with Gasteiger partial charge in [0.25, 0.3) is 0 Å². The number of ether oxygens (including phenoxy) is 1. The Morgan fingerprint density at radius 3 is 2.67 bits per heavy atom. The van der Waals surface area contributed by atoms with Crippen molar-refractivity contribution in [3.63, 3.8) is 0 Å². The van der Waals surface area contributed by atoms with Crippen LogP contribution in [0, 0.1) is 0 Å². The SMILES string of the molecule is CNC(=O)Oc1ncc(Br)cn1. The largest absolute Gasteiger partial charge is 0.414 e. The number of nitrogens with one attached hydrogen (secondary N) is 1. The Morgan fingerprint density at radius 2 is 2.17 bits per heavy atom. The maximum Gasteiger partial charge on any atom is 0.414 e. The maximum atomic E-state index is 10.6. The fourth-order valence-electron chi connectivity index (χ4n) is 0.487. The van der Waals surface area contributed by atoms with E-state index in [1.807, 2.05) is 0 Å². The summed E-state index contributed by atoms with van der Waals surface area (Å²) in [6.45, 7) is 0. The average Bonchev–Trinajstić information content (AvgIpc) is 2.09. The van der Waals surface area contributed by atoms with Gasteiger partial charge in [-0.3, -0.25) is 0 Å². The number of carbonyl (C=O) groups is 1. The van der Waals surface area contributed by atoms with Gasteiger partial charge in [0.15, 0.2) is 0 Å². The van der Waals surface area contributed by atoms with Gasteiger partial charge in [0.2, 0.25) is 0 Å². The number of carbonyl (C=O) groups excluding carboxylic acids is 1. The molecule has 1 aromatic heterocycles. The molecular weight excluding hydrogens is 226 g/mol. The molecule has 0 aliphatic heterocycles. The highest BCUT2D eigenvalue weighted by molar-refractivity contribution is 9.10. The van der Waals surface area contributed by atoms with Gasteiger partial charge in [-0.1, -0.05) is 0 Å². The highest BCUT2D eigenvalue weighted by atomic mass is 79.9. The molecule has 0 aliphatic carbocycles. The Labute approximate surface area is 77.3 Å². The van der Waals surface area contributed by atoms with Gasteiger partial charge in [-0.15, -0.1) is 0 Å². The molecule has 6 heteroatoms. The third kappa shape index (κ3) is 2.46. The van der Waals surface area contributed by atoms with E-state index in [9.17, 15) is 4.79 Å². The van der Waals surface area contributed by atoms with Gasteiger partial charge in [0, 0.05) is 19.4 Å². The zero-order valence-electron chi connectivity index (χ0n) is 6.24. The molecule has 0 aliphatic rings. The second-order valence-corrected chi connectivity index (χ2v) is 2.74.